The molecule has 0 bridgehead atoms. The number of piperidine rings is 1. The Hall–Kier alpha value is -1.29. The fourth-order valence-electron chi connectivity index (χ4n) is 2.43. The van der Waals surface area contributed by atoms with E-state index >= 15 is 0 Å². The minimum atomic E-state index is 0.314. The topological polar surface area (TPSA) is 48.4 Å². The molecular weight excluding hydrogens is 238 g/mol. The molecule has 0 unspecified atom stereocenters. The third kappa shape index (κ3) is 3.83. The highest BCUT2D eigenvalue weighted by Crippen LogP contribution is 2.27. The highest BCUT2D eigenvalue weighted by molar-refractivity contribution is 5.65. The van der Waals surface area contributed by atoms with Gasteiger partial charge in [0.1, 0.15) is 0 Å². The molecule has 0 radical (unpaired) electrons. The Labute approximate surface area is 115 Å². The van der Waals surface area contributed by atoms with Crippen LogP contribution in [0.25, 0.3) is 0 Å². The SMILES string of the molecule is CC(C)CNc1cccnc1N1CCC(CO)CC1. The second kappa shape index (κ2) is 6.75. The summed E-state index contributed by atoms with van der Waals surface area (Å²) in [6.45, 7) is 7.66. The van der Waals surface area contributed by atoms with Gasteiger partial charge in [-0.15, -0.1) is 0 Å². The van der Waals surface area contributed by atoms with Crippen LogP contribution in [0.1, 0.15) is 26.7 Å². The Morgan fingerprint density at radius 3 is 2.79 bits per heavy atom. The Morgan fingerprint density at radius 2 is 2.16 bits per heavy atom. The fourth-order valence-corrected chi connectivity index (χ4v) is 2.43. The quantitative estimate of drug-likeness (QED) is 0.856. The van der Waals surface area contributed by atoms with Crippen LogP contribution >= 0.6 is 0 Å². The smallest absolute Gasteiger partial charge is 0.151 e. The lowest BCUT2D eigenvalue weighted by molar-refractivity contribution is 0.203. The molecule has 0 aromatic carbocycles. The van der Waals surface area contributed by atoms with Crippen molar-refractivity contribution in [1.29, 1.82) is 0 Å². The van der Waals surface area contributed by atoms with E-state index in [1.165, 1.54) is 0 Å². The van der Waals surface area contributed by atoms with E-state index in [1.807, 2.05) is 12.3 Å². The molecule has 1 fully saturated rings. The van der Waals surface area contributed by atoms with Gasteiger partial charge in [0, 0.05) is 32.4 Å². The first kappa shape index (κ1) is 14.1. The van der Waals surface area contributed by atoms with Gasteiger partial charge in [0.25, 0.3) is 0 Å². The molecule has 0 amide bonds. The lowest BCUT2D eigenvalue weighted by Crippen LogP contribution is -2.35. The average molecular weight is 263 g/mol. The summed E-state index contributed by atoms with van der Waals surface area (Å²) in [7, 11) is 0. The van der Waals surface area contributed by atoms with Gasteiger partial charge in [-0.2, -0.15) is 0 Å². The van der Waals surface area contributed by atoms with Crippen LogP contribution in [-0.4, -0.2) is 36.3 Å². The van der Waals surface area contributed by atoms with E-state index in [-0.39, 0.29) is 0 Å². The van der Waals surface area contributed by atoms with Crippen molar-refractivity contribution in [2.45, 2.75) is 26.7 Å². The molecule has 1 aromatic rings. The first-order valence-electron chi connectivity index (χ1n) is 7.25. The molecule has 0 atom stereocenters. The van der Waals surface area contributed by atoms with Gasteiger partial charge in [-0.05, 0) is 36.8 Å². The van der Waals surface area contributed by atoms with E-state index in [1.54, 1.807) is 0 Å². The van der Waals surface area contributed by atoms with Crippen LogP contribution in [0, 0.1) is 11.8 Å². The van der Waals surface area contributed by atoms with Crippen molar-refractivity contribution in [1.82, 2.24) is 4.98 Å². The van der Waals surface area contributed by atoms with Crippen LogP contribution in [0.15, 0.2) is 18.3 Å². The molecule has 1 saturated heterocycles. The molecule has 2 rings (SSSR count). The van der Waals surface area contributed by atoms with Gasteiger partial charge in [0.2, 0.25) is 0 Å². The molecule has 2 heterocycles. The monoisotopic (exact) mass is 263 g/mol. The molecule has 4 nitrogen and oxygen atoms in total. The molecule has 0 spiro atoms. The van der Waals surface area contributed by atoms with Crippen molar-refractivity contribution in [3.05, 3.63) is 18.3 Å². The number of hydrogen-bond donors (Lipinski definition) is 2. The van der Waals surface area contributed by atoms with Crippen LogP contribution < -0.4 is 10.2 Å². The Morgan fingerprint density at radius 1 is 1.42 bits per heavy atom. The summed E-state index contributed by atoms with van der Waals surface area (Å²) < 4.78 is 0. The summed E-state index contributed by atoms with van der Waals surface area (Å²) in [5.74, 6) is 2.14. The predicted octanol–water partition coefficient (Wildman–Crippen LogP) is 2.36. The molecule has 1 aliphatic rings. The standard InChI is InChI=1S/C15H25N3O/c1-12(2)10-17-14-4-3-7-16-15(14)18-8-5-13(11-19)6-9-18/h3-4,7,12-13,17,19H,5-6,8-11H2,1-2H3. The van der Waals surface area contributed by atoms with Crippen molar-refractivity contribution in [3.8, 4) is 0 Å². The van der Waals surface area contributed by atoms with Crippen LogP contribution in [0.5, 0.6) is 0 Å². The van der Waals surface area contributed by atoms with Gasteiger partial charge < -0.3 is 15.3 Å². The zero-order chi connectivity index (χ0) is 13.7. The van der Waals surface area contributed by atoms with Crippen LogP contribution in [0.2, 0.25) is 0 Å². The summed E-state index contributed by atoms with van der Waals surface area (Å²) in [5, 5.41) is 12.7. The van der Waals surface area contributed by atoms with Crippen molar-refractivity contribution >= 4 is 11.5 Å². The van der Waals surface area contributed by atoms with Crippen molar-refractivity contribution in [2.75, 3.05) is 36.5 Å². The maximum Gasteiger partial charge on any atom is 0.151 e. The van der Waals surface area contributed by atoms with Gasteiger partial charge in [-0.1, -0.05) is 13.8 Å². The summed E-state index contributed by atoms with van der Waals surface area (Å²) >= 11 is 0. The number of aliphatic hydroxyl groups excluding tert-OH is 1. The molecule has 106 valence electrons. The van der Waals surface area contributed by atoms with Crippen molar-refractivity contribution in [3.63, 3.8) is 0 Å². The molecule has 4 heteroatoms. The minimum Gasteiger partial charge on any atom is -0.396 e. The molecular formula is C15H25N3O. The molecule has 0 saturated carbocycles. The Kier molecular flexibility index (Phi) is 5.02. The normalized spacial score (nSPS) is 16.9. The number of anilines is 2. The molecule has 1 aliphatic heterocycles. The summed E-state index contributed by atoms with van der Waals surface area (Å²) in [6, 6.07) is 4.08. The number of pyridine rings is 1. The Balaban J connectivity index is 2.03. The number of aliphatic hydroxyl groups is 1. The van der Waals surface area contributed by atoms with E-state index in [9.17, 15) is 5.11 Å². The molecule has 0 aliphatic carbocycles. The van der Waals surface area contributed by atoms with Gasteiger partial charge in [0.15, 0.2) is 5.82 Å². The maximum atomic E-state index is 9.20. The van der Waals surface area contributed by atoms with Crippen molar-refractivity contribution < 1.29 is 5.11 Å². The lowest BCUT2D eigenvalue weighted by atomic mass is 9.98. The predicted molar refractivity (Wildman–Crippen MR) is 79.6 cm³/mol. The number of nitrogens with one attached hydrogen (secondary N) is 1. The summed E-state index contributed by atoms with van der Waals surface area (Å²) in [4.78, 5) is 6.86. The third-order valence-corrected chi connectivity index (χ3v) is 3.66. The zero-order valence-electron chi connectivity index (χ0n) is 12.0. The average Bonchev–Trinajstić information content (AvgIpc) is 2.45. The van der Waals surface area contributed by atoms with E-state index < -0.39 is 0 Å². The summed E-state index contributed by atoms with van der Waals surface area (Å²) in [5.41, 5.74) is 1.12. The molecule has 19 heavy (non-hydrogen) atoms. The number of hydrogen-bond acceptors (Lipinski definition) is 4. The van der Waals surface area contributed by atoms with Crippen LogP contribution in [-0.2, 0) is 0 Å². The highest BCUT2D eigenvalue weighted by atomic mass is 16.3. The van der Waals surface area contributed by atoms with E-state index in [4.69, 9.17) is 0 Å². The minimum absolute atomic E-state index is 0.314. The van der Waals surface area contributed by atoms with Crippen LogP contribution in [0.4, 0.5) is 11.5 Å². The van der Waals surface area contributed by atoms with Crippen molar-refractivity contribution in [2.24, 2.45) is 11.8 Å². The third-order valence-electron chi connectivity index (χ3n) is 3.66. The van der Waals surface area contributed by atoms with E-state index in [0.29, 0.717) is 18.4 Å². The zero-order valence-corrected chi connectivity index (χ0v) is 12.0. The van der Waals surface area contributed by atoms with Crippen LogP contribution in [0.3, 0.4) is 0 Å². The van der Waals surface area contributed by atoms with Gasteiger partial charge in [0.05, 0.1) is 5.69 Å². The van der Waals surface area contributed by atoms with Gasteiger partial charge in [-0.25, -0.2) is 4.98 Å². The highest BCUT2D eigenvalue weighted by Gasteiger charge is 2.21. The second-order valence-electron chi connectivity index (χ2n) is 5.76. The lowest BCUT2D eigenvalue weighted by Gasteiger charge is -2.33. The first-order valence-corrected chi connectivity index (χ1v) is 7.25. The number of aromatic nitrogens is 1. The Bertz CT molecular complexity index is 387. The largest absolute Gasteiger partial charge is 0.396 e. The van der Waals surface area contributed by atoms with Gasteiger partial charge in [-0.3, -0.25) is 0 Å². The second-order valence-corrected chi connectivity index (χ2v) is 5.76. The van der Waals surface area contributed by atoms with Gasteiger partial charge >= 0.3 is 0 Å². The molecule has 1 aromatic heterocycles. The number of nitrogens with zero attached hydrogens (tertiary/aromatic N) is 2. The number of rotatable bonds is 5. The summed E-state index contributed by atoms with van der Waals surface area (Å²) in [6.07, 6.45) is 3.96. The first-order chi connectivity index (χ1) is 9.20. The fraction of sp³-hybridized carbons (Fsp3) is 0.667. The molecule has 2 N–H and O–H groups in total. The maximum absolute atomic E-state index is 9.20. The van der Waals surface area contributed by atoms with E-state index in [0.717, 1.165) is 44.0 Å². The van der Waals surface area contributed by atoms with E-state index in [2.05, 4.69) is 35.1 Å².